The highest BCUT2D eigenvalue weighted by atomic mass is 19.4. The molecule has 0 bridgehead atoms. The Bertz CT molecular complexity index is 995. The highest BCUT2D eigenvalue weighted by molar-refractivity contribution is 5.90. The van der Waals surface area contributed by atoms with E-state index in [9.17, 15) is 26.7 Å². The van der Waals surface area contributed by atoms with Crippen LogP contribution in [0.15, 0.2) is 35.0 Å². The van der Waals surface area contributed by atoms with Gasteiger partial charge in [-0.15, -0.1) is 0 Å². The third-order valence-corrected chi connectivity index (χ3v) is 3.72. The van der Waals surface area contributed by atoms with E-state index in [-0.39, 0.29) is 30.1 Å². The molecule has 12 heteroatoms. The lowest BCUT2D eigenvalue weighted by Crippen LogP contribution is -2.06. The molecule has 0 atom stereocenters. The predicted molar refractivity (Wildman–Crippen MR) is 87.0 cm³/mol. The quantitative estimate of drug-likeness (QED) is 0.444. The number of aromatic nitrogens is 4. The maximum absolute atomic E-state index is 13.1. The van der Waals surface area contributed by atoms with Gasteiger partial charge in [-0.3, -0.25) is 4.68 Å². The van der Waals surface area contributed by atoms with E-state index in [1.807, 2.05) is 0 Å². The van der Waals surface area contributed by atoms with Crippen LogP contribution in [0, 0.1) is 0 Å². The molecule has 29 heavy (non-hydrogen) atoms. The number of ether oxygens (including phenoxy) is 1. The average molecular weight is 416 g/mol. The van der Waals surface area contributed by atoms with Crippen LogP contribution in [0.4, 0.5) is 22.0 Å². The van der Waals surface area contributed by atoms with Crippen LogP contribution in [0.2, 0.25) is 0 Å². The van der Waals surface area contributed by atoms with Crippen LogP contribution >= 0.6 is 0 Å². The maximum atomic E-state index is 13.1. The molecule has 0 saturated carbocycles. The molecule has 3 aromatic rings. The van der Waals surface area contributed by atoms with E-state index in [2.05, 4.69) is 19.8 Å². The second-order valence-electron chi connectivity index (χ2n) is 5.76. The highest BCUT2D eigenvalue weighted by Crippen LogP contribution is 2.29. The lowest BCUT2D eigenvalue weighted by molar-refractivity contribution is -0.159. The molecule has 1 aromatic carbocycles. The second kappa shape index (κ2) is 7.97. The number of carbonyl (C=O) groups is 1. The molecule has 0 amide bonds. The van der Waals surface area contributed by atoms with Crippen molar-refractivity contribution in [3.05, 3.63) is 53.2 Å². The van der Waals surface area contributed by atoms with Crippen molar-refractivity contribution < 1.29 is 36.0 Å². The maximum Gasteiger partial charge on any atom is 0.471 e. The fourth-order valence-electron chi connectivity index (χ4n) is 2.45. The fourth-order valence-corrected chi connectivity index (χ4v) is 2.45. The highest BCUT2D eigenvalue weighted by Gasteiger charge is 2.38. The molecule has 0 aliphatic rings. The molecule has 0 radical (unpaired) electrons. The van der Waals surface area contributed by atoms with Crippen molar-refractivity contribution in [2.24, 2.45) is 0 Å². The molecule has 2 aromatic heterocycles. The number of esters is 1. The lowest BCUT2D eigenvalue weighted by atomic mass is 10.1. The zero-order valence-electron chi connectivity index (χ0n) is 14.8. The molecular formula is C17H13F5N4O3. The third-order valence-electron chi connectivity index (χ3n) is 3.72. The van der Waals surface area contributed by atoms with Gasteiger partial charge in [0, 0.05) is 11.8 Å². The van der Waals surface area contributed by atoms with E-state index in [0.29, 0.717) is 5.56 Å². The number of rotatable bonds is 6. The standard InChI is InChI=1S/C17H13F5N4O3/c1-2-28-15(27)11-8-26(24-12(11)13(18)19)7-9-3-5-10(6-4-9)14-23-16(29-25-14)17(20,21)22/h3-6,8,13H,2,7H2,1H3. The summed E-state index contributed by atoms with van der Waals surface area (Å²) in [4.78, 5) is 15.1. The van der Waals surface area contributed by atoms with Crippen LogP contribution in [0.3, 0.4) is 0 Å². The second-order valence-corrected chi connectivity index (χ2v) is 5.76. The van der Waals surface area contributed by atoms with Gasteiger partial charge in [-0.2, -0.15) is 23.3 Å². The van der Waals surface area contributed by atoms with Crippen LogP contribution < -0.4 is 0 Å². The van der Waals surface area contributed by atoms with Crippen molar-refractivity contribution in [3.8, 4) is 11.4 Å². The predicted octanol–water partition coefficient (Wildman–Crippen LogP) is 4.11. The van der Waals surface area contributed by atoms with Gasteiger partial charge in [-0.05, 0) is 12.5 Å². The van der Waals surface area contributed by atoms with Crippen LogP contribution in [0.5, 0.6) is 0 Å². The average Bonchev–Trinajstić information content (AvgIpc) is 3.30. The Labute approximate surface area is 160 Å². The zero-order valence-corrected chi connectivity index (χ0v) is 14.8. The van der Waals surface area contributed by atoms with Crippen molar-refractivity contribution in [1.82, 2.24) is 19.9 Å². The summed E-state index contributed by atoms with van der Waals surface area (Å²) in [5.74, 6) is -2.60. The van der Waals surface area contributed by atoms with Crippen molar-refractivity contribution in [1.29, 1.82) is 0 Å². The van der Waals surface area contributed by atoms with Crippen LogP contribution in [-0.2, 0) is 17.5 Å². The summed E-state index contributed by atoms with van der Waals surface area (Å²) in [5, 5.41) is 7.00. The molecule has 0 saturated heterocycles. The molecule has 7 nitrogen and oxygen atoms in total. The summed E-state index contributed by atoms with van der Waals surface area (Å²) in [6.45, 7) is 1.62. The van der Waals surface area contributed by atoms with Gasteiger partial charge in [0.15, 0.2) is 0 Å². The van der Waals surface area contributed by atoms with Crippen LogP contribution in [0.1, 0.15) is 40.9 Å². The largest absolute Gasteiger partial charge is 0.471 e. The minimum atomic E-state index is -4.75. The molecule has 0 spiro atoms. The first-order chi connectivity index (χ1) is 13.7. The van der Waals surface area contributed by atoms with E-state index >= 15 is 0 Å². The topological polar surface area (TPSA) is 83.0 Å². The molecular weight excluding hydrogens is 403 g/mol. The summed E-state index contributed by atoms with van der Waals surface area (Å²) >= 11 is 0. The van der Waals surface area contributed by atoms with Crippen molar-refractivity contribution >= 4 is 5.97 Å². The van der Waals surface area contributed by atoms with E-state index in [1.54, 1.807) is 6.92 Å². The van der Waals surface area contributed by atoms with Gasteiger partial charge in [0.1, 0.15) is 11.3 Å². The first-order valence-corrected chi connectivity index (χ1v) is 8.22. The molecule has 154 valence electrons. The Balaban J connectivity index is 1.78. The first-order valence-electron chi connectivity index (χ1n) is 8.22. The molecule has 0 unspecified atom stereocenters. The number of carbonyl (C=O) groups excluding carboxylic acids is 1. The number of alkyl halides is 5. The molecule has 0 aliphatic heterocycles. The molecule has 3 rings (SSSR count). The summed E-state index contributed by atoms with van der Waals surface area (Å²) in [5.41, 5.74) is -0.155. The Hall–Kier alpha value is -3.31. The number of hydrogen-bond acceptors (Lipinski definition) is 6. The summed E-state index contributed by atoms with van der Waals surface area (Å²) in [6.07, 6.45) is -6.55. The smallest absolute Gasteiger partial charge is 0.462 e. The van der Waals surface area contributed by atoms with Crippen molar-refractivity contribution in [2.75, 3.05) is 6.61 Å². The number of hydrogen-bond donors (Lipinski definition) is 0. The van der Waals surface area contributed by atoms with Gasteiger partial charge < -0.3 is 9.26 Å². The van der Waals surface area contributed by atoms with E-state index in [4.69, 9.17) is 4.74 Å². The normalized spacial score (nSPS) is 11.8. The van der Waals surface area contributed by atoms with Gasteiger partial charge in [-0.1, -0.05) is 29.4 Å². The lowest BCUT2D eigenvalue weighted by Gasteiger charge is -2.03. The molecule has 0 aliphatic carbocycles. The number of nitrogens with zero attached hydrogens (tertiary/aromatic N) is 4. The Morgan fingerprint density at radius 1 is 1.24 bits per heavy atom. The van der Waals surface area contributed by atoms with Crippen LogP contribution in [-0.4, -0.2) is 32.5 Å². The van der Waals surface area contributed by atoms with Gasteiger partial charge in [-0.25, -0.2) is 13.6 Å². The fraction of sp³-hybridized carbons (Fsp3) is 0.294. The summed E-state index contributed by atoms with van der Waals surface area (Å²) < 4.78 is 73.9. The van der Waals surface area contributed by atoms with Gasteiger partial charge in [0.25, 0.3) is 6.43 Å². The molecule has 0 N–H and O–H groups in total. The minimum Gasteiger partial charge on any atom is -0.462 e. The first kappa shape index (κ1) is 20.4. The number of halogens is 5. The third kappa shape index (κ3) is 4.58. The van der Waals surface area contributed by atoms with E-state index in [1.165, 1.54) is 24.3 Å². The van der Waals surface area contributed by atoms with Gasteiger partial charge in [0.05, 0.1) is 13.2 Å². The Morgan fingerprint density at radius 3 is 2.48 bits per heavy atom. The Morgan fingerprint density at radius 2 is 1.93 bits per heavy atom. The summed E-state index contributed by atoms with van der Waals surface area (Å²) in [6, 6.07) is 5.97. The van der Waals surface area contributed by atoms with E-state index in [0.717, 1.165) is 10.9 Å². The van der Waals surface area contributed by atoms with Crippen molar-refractivity contribution in [3.63, 3.8) is 0 Å². The zero-order chi connectivity index (χ0) is 21.2. The summed E-state index contributed by atoms with van der Waals surface area (Å²) in [7, 11) is 0. The van der Waals surface area contributed by atoms with Gasteiger partial charge >= 0.3 is 18.0 Å². The molecule has 0 fully saturated rings. The van der Waals surface area contributed by atoms with Crippen molar-refractivity contribution in [2.45, 2.75) is 26.1 Å². The monoisotopic (exact) mass is 416 g/mol. The minimum absolute atomic E-state index is 0.0281. The Kier molecular flexibility index (Phi) is 5.62. The van der Waals surface area contributed by atoms with Gasteiger partial charge in [0.2, 0.25) is 5.82 Å². The van der Waals surface area contributed by atoms with Crippen LogP contribution in [0.25, 0.3) is 11.4 Å². The number of benzene rings is 1. The molecule has 2 heterocycles. The SMILES string of the molecule is CCOC(=O)c1cn(Cc2ccc(-c3noc(C(F)(F)F)n3)cc2)nc1C(F)F. The van der Waals surface area contributed by atoms with E-state index < -0.39 is 30.2 Å².